The first-order chi connectivity index (χ1) is 7.50. The molecular weight excluding hydrogens is 224 g/mol. The largest absolute Gasteiger partial charge is 0.484 e. The highest BCUT2D eigenvalue weighted by Crippen LogP contribution is 2.03. The molecule has 1 aromatic heterocycles. The second-order valence-corrected chi connectivity index (χ2v) is 4.04. The molecular formula is C11H14N2O2S. The van der Waals surface area contributed by atoms with E-state index in [1.165, 1.54) is 4.57 Å². The number of hydrogen-bond acceptors (Lipinski definition) is 3. The van der Waals surface area contributed by atoms with Gasteiger partial charge in [-0.1, -0.05) is 18.8 Å². The molecule has 0 spiro atoms. The van der Waals surface area contributed by atoms with Crippen LogP contribution >= 0.6 is 12.2 Å². The highest BCUT2D eigenvalue weighted by atomic mass is 32.1. The van der Waals surface area contributed by atoms with Crippen LogP contribution in [0.3, 0.4) is 0 Å². The summed E-state index contributed by atoms with van der Waals surface area (Å²) >= 11 is 4.75. The molecule has 0 aliphatic rings. The molecule has 1 heterocycles. The lowest BCUT2D eigenvalue weighted by Gasteiger charge is -2.08. The lowest BCUT2D eigenvalue weighted by atomic mass is 10.4. The molecule has 0 bridgehead atoms. The van der Waals surface area contributed by atoms with Gasteiger partial charge < -0.3 is 15.0 Å². The first kappa shape index (κ1) is 12.4. The normalized spacial score (nSPS) is 9.81. The van der Waals surface area contributed by atoms with Crippen molar-refractivity contribution in [3.63, 3.8) is 0 Å². The minimum atomic E-state index is -0.239. The van der Waals surface area contributed by atoms with Gasteiger partial charge in [-0.25, -0.2) is 0 Å². The number of thiocarbonyl (C=S) groups is 1. The highest BCUT2D eigenvalue weighted by molar-refractivity contribution is 7.80. The third-order valence-corrected chi connectivity index (χ3v) is 1.91. The molecule has 1 rings (SSSR count). The molecule has 0 atom stereocenters. The first-order valence-electron chi connectivity index (χ1n) is 4.75. The third-order valence-electron chi connectivity index (χ3n) is 1.79. The van der Waals surface area contributed by atoms with Gasteiger partial charge in [0.05, 0.1) is 11.5 Å². The number of hydrogen-bond donors (Lipinski definition) is 1. The fraction of sp³-hybridized carbons (Fsp3) is 0.273. The molecule has 0 saturated carbocycles. The zero-order chi connectivity index (χ0) is 12.1. The van der Waals surface area contributed by atoms with Crippen molar-refractivity contribution in [1.82, 2.24) is 4.57 Å². The van der Waals surface area contributed by atoms with E-state index in [0.717, 1.165) is 5.57 Å². The number of nitrogens with zero attached hydrogens (tertiary/aromatic N) is 1. The predicted molar refractivity (Wildman–Crippen MR) is 67.8 cm³/mol. The summed E-state index contributed by atoms with van der Waals surface area (Å²) in [4.78, 5) is 12.1. The summed E-state index contributed by atoms with van der Waals surface area (Å²) in [5.41, 5.74) is 5.99. The average molecular weight is 238 g/mol. The predicted octanol–water partition coefficient (Wildman–Crippen LogP) is 1.09. The fourth-order valence-corrected chi connectivity index (χ4v) is 1.26. The Kier molecular flexibility index (Phi) is 4.25. The molecule has 0 aliphatic carbocycles. The number of ether oxygens (including phenoxy) is 1. The molecule has 0 fully saturated rings. The van der Waals surface area contributed by atoms with Crippen molar-refractivity contribution in [1.29, 1.82) is 0 Å². The quantitative estimate of drug-likeness (QED) is 0.616. The summed E-state index contributed by atoms with van der Waals surface area (Å²) < 4.78 is 6.72. The molecule has 0 aromatic carbocycles. The van der Waals surface area contributed by atoms with Crippen LogP contribution in [-0.4, -0.2) is 16.2 Å². The van der Waals surface area contributed by atoms with Crippen molar-refractivity contribution in [2.24, 2.45) is 5.73 Å². The van der Waals surface area contributed by atoms with Crippen LogP contribution in [0.1, 0.15) is 6.92 Å². The number of pyridine rings is 1. The van der Waals surface area contributed by atoms with Crippen LogP contribution in [0, 0.1) is 0 Å². The second kappa shape index (κ2) is 5.46. The lowest BCUT2D eigenvalue weighted by Crippen LogP contribution is -2.27. The maximum Gasteiger partial charge on any atom is 0.293 e. The molecule has 16 heavy (non-hydrogen) atoms. The van der Waals surface area contributed by atoms with E-state index in [4.69, 9.17) is 22.7 Å². The van der Waals surface area contributed by atoms with Crippen LogP contribution in [0.5, 0.6) is 5.75 Å². The summed E-state index contributed by atoms with van der Waals surface area (Å²) in [5, 5.41) is 0. The van der Waals surface area contributed by atoms with Crippen molar-refractivity contribution in [2.75, 3.05) is 6.61 Å². The Labute approximate surface area is 99.3 Å². The van der Waals surface area contributed by atoms with Crippen LogP contribution in [-0.2, 0) is 6.54 Å². The Balaban J connectivity index is 2.90. The van der Waals surface area contributed by atoms with E-state index in [2.05, 4.69) is 6.58 Å². The molecule has 5 heteroatoms. The van der Waals surface area contributed by atoms with Crippen molar-refractivity contribution < 1.29 is 4.74 Å². The molecule has 0 saturated heterocycles. The highest BCUT2D eigenvalue weighted by Gasteiger charge is 2.04. The number of aromatic nitrogens is 1. The first-order valence-corrected chi connectivity index (χ1v) is 5.16. The molecule has 0 unspecified atom stereocenters. The van der Waals surface area contributed by atoms with Gasteiger partial charge in [0.1, 0.15) is 6.61 Å². The van der Waals surface area contributed by atoms with Crippen molar-refractivity contribution in [3.8, 4) is 5.75 Å². The third kappa shape index (κ3) is 3.51. The minimum absolute atomic E-state index is 0.221. The summed E-state index contributed by atoms with van der Waals surface area (Å²) in [7, 11) is 0. The molecule has 2 N–H and O–H groups in total. The Morgan fingerprint density at radius 3 is 2.94 bits per heavy atom. The lowest BCUT2D eigenvalue weighted by molar-refractivity contribution is 0.345. The van der Waals surface area contributed by atoms with E-state index in [1.54, 1.807) is 18.3 Å². The standard InChI is InChI=1S/C11H14N2O2S/c1-8(2)7-15-9-4-3-5-13(11(9)14)6-10(12)16/h3-5H,1,6-7H2,2H3,(H2,12,16). The van der Waals surface area contributed by atoms with Crippen LogP contribution in [0.15, 0.2) is 35.3 Å². The molecule has 1 aromatic rings. The second-order valence-electron chi connectivity index (χ2n) is 3.52. The van der Waals surface area contributed by atoms with Gasteiger partial charge >= 0.3 is 0 Å². The zero-order valence-electron chi connectivity index (χ0n) is 9.10. The van der Waals surface area contributed by atoms with Crippen LogP contribution < -0.4 is 16.0 Å². The topological polar surface area (TPSA) is 57.2 Å². The van der Waals surface area contributed by atoms with Gasteiger partial charge in [-0.05, 0) is 24.6 Å². The Morgan fingerprint density at radius 1 is 1.69 bits per heavy atom. The van der Waals surface area contributed by atoms with Gasteiger partial charge in [0.15, 0.2) is 5.75 Å². The fourth-order valence-electron chi connectivity index (χ4n) is 1.12. The number of rotatable bonds is 5. The Morgan fingerprint density at radius 2 is 2.38 bits per heavy atom. The van der Waals surface area contributed by atoms with Crippen molar-refractivity contribution in [3.05, 3.63) is 40.8 Å². The van der Waals surface area contributed by atoms with Crippen LogP contribution in [0.25, 0.3) is 0 Å². The number of nitrogens with two attached hydrogens (primary N) is 1. The van der Waals surface area contributed by atoms with E-state index in [1.807, 2.05) is 6.92 Å². The molecule has 86 valence electrons. The van der Waals surface area contributed by atoms with Gasteiger partial charge in [-0.3, -0.25) is 4.79 Å². The maximum atomic E-state index is 11.8. The van der Waals surface area contributed by atoms with Gasteiger partial charge in [-0.15, -0.1) is 0 Å². The van der Waals surface area contributed by atoms with Gasteiger partial charge in [0, 0.05) is 6.20 Å². The zero-order valence-corrected chi connectivity index (χ0v) is 9.92. The van der Waals surface area contributed by atoms with E-state index in [-0.39, 0.29) is 22.8 Å². The summed E-state index contributed by atoms with van der Waals surface area (Å²) in [5.74, 6) is 0.279. The molecule has 0 radical (unpaired) electrons. The SMILES string of the molecule is C=C(C)COc1cccn(CC(N)=S)c1=O. The molecule has 0 aliphatic heterocycles. The molecule has 4 nitrogen and oxygen atoms in total. The summed E-state index contributed by atoms with van der Waals surface area (Å²) in [6.07, 6.45) is 1.62. The Bertz CT molecular complexity index is 465. The Hall–Kier alpha value is -1.62. The van der Waals surface area contributed by atoms with Crippen molar-refractivity contribution >= 4 is 17.2 Å². The summed E-state index contributed by atoms with van der Waals surface area (Å²) in [6, 6.07) is 3.33. The monoisotopic (exact) mass is 238 g/mol. The smallest absolute Gasteiger partial charge is 0.293 e. The van der Waals surface area contributed by atoms with E-state index >= 15 is 0 Å². The minimum Gasteiger partial charge on any atom is -0.484 e. The maximum absolute atomic E-state index is 11.8. The van der Waals surface area contributed by atoms with Gasteiger partial charge in [-0.2, -0.15) is 0 Å². The average Bonchev–Trinajstić information content (AvgIpc) is 2.18. The van der Waals surface area contributed by atoms with Crippen LogP contribution in [0.2, 0.25) is 0 Å². The van der Waals surface area contributed by atoms with Crippen LogP contribution in [0.4, 0.5) is 0 Å². The van der Waals surface area contributed by atoms with Gasteiger partial charge in [0.2, 0.25) is 0 Å². The van der Waals surface area contributed by atoms with E-state index in [9.17, 15) is 4.79 Å². The van der Waals surface area contributed by atoms with Crippen molar-refractivity contribution in [2.45, 2.75) is 13.5 Å². The molecule has 0 amide bonds. The summed E-state index contributed by atoms with van der Waals surface area (Å²) in [6.45, 7) is 6.07. The van der Waals surface area contributed by atoms with E-state index in [0.29, 0.717) is 6.61 Å². The van der Waals surface area contributed by atoms with E-state index < -0.39 is 0 Å². The van der Waals surface area contributed by atoms with Gasteiger partial charge in [0.25, 0.3) is 5.56 Å².